The van der Waals surface area contributed by atoms with Crippen LogP contribution in [0.2, 0.25) is 0 Å². The summed E-state index contributed by atoms with van der Waals surface area (Å²) in [6.45, 7) is 2.42. The molecule has 6 nitrogen and oxygen atoms in total. The minimum atomic E-state index is -0.302. The fourth-order valence-corrected chi connectivity index (χ4v) is 4.57. The largest absolute Gasteiger partial charge is 0.340 e. The van der Waals surface area contributed by atoms with Gasteiger partial charge in [-0.1, -0.05) is 59.8 Å². The van der Waals surface area contributed by atoms with Gasteiger partial charge in [-0.25, -0.2) is 8.78 Å². The molecule has 1 fully saturated rings. The molecule has 3 aromatic carbocycles. The van der Waals surface area contributed by atoms with Gasteiger partial charge in [0.25, 0.3) is 0 Å². The Hall–Kier alpha value is -3.91. The highest BCUT2D eigenvalue weighted by Gasteiger charge is 2.28. The van der Waals surface area contributed by atoms with E-state index >= 15 is 0 Å². The number of benzene rings is 3. The second-order valence-electron chi connectivity index (χ2n) is 8.80. The molecule has 2 heterocycles. The molecule has 0 unspecified atom stereocenters. The van der Waals surface area contributed by atoms with E-state index in [0.29, 0.717) is 44.3 Å². The van der Waals surface area contributed by atoms with Crippen LogP contribution < -0.4 is 0 Å². The molecule has 1 saturated heterocycles. The number of carbonyl (C=O) groups excluding carboxylic acids is 1. The van der Waals surface area contributed by atoms with Crippen molar-refractivity contribution in [1.82, 2.24) is 19.9 Å². The molecule has 1 aliphatic heterocycles. The zero-order valence-electron chi connectivity index (χ0n) is 19.7. The van der Waals surface area contributed by atoms with E-state index < -0.39 is 0 Å². The Labute approximate surface area is 208 Å². The number of aromatic nitrogens is 2. The first-order valence-electron chi connectivity index (χ1n) is 12.0. The van der Waals surface area contributed by atoms with Gasteiger partial charge in [-0.3, -0.25) is 9.69 Å². The molecule has 0 radical (unpaired) electrons. The van der Waals surface area contributed by atoms with Crippen LogP contribution in [0.25, 0.3) is 11.4 Å². The molecule has 0 aliphatic carbocycles. The van der Waals surface area contributed by atoms with Crippen LogP contribution in [0.1, 0.15) is 29.5 Å². The van der Waals surface area contributed by atoms with Gasteiger partial charge >= 0.3 is 0 Å². The van der Waals surface area contributed by atoms with Crippen LogP contribution in [0.4, 0.5) is 8.78 Å². The monoisotopic (exact) mass is 488 g/mol. The van der Waals surface area contributed by atoms with Gasteiger partial charge in [0.15, 0.2) is 0 Å². The number of carbonyl (C=O) groups is 1. The predicted octanol–water partition coefficient (Wildman–Crippen LogP) is 4.88. The highest BCUT2D eigenvalue weighted by molar-refractivity contribution is 5.76. The second-order valence-corrected chi connectivity index (χ2v) is 8.80. The predicted molar refractivity (Wildman–Crippen MR) is 131 cm³/mol. The first kappa shape index (κ1) is 23.8. The Morgan fingerprint density at radius 2 is 1.42 bits per heavy atom. The number of hydrogen-bond acceptors (Lipinski definition) is 5. The Kier molecular flexibility index (Phi) is 7.13. The number of piperazine rings is 1. The second kappa shape index (κ2) is 10.8. The lowest BCUT2D eigenvalue weighted by Gasteiger charge is -2.39. The third kappa shape index (κ3) is 5.49. The molecule has 0 saturated carbocycles. The van der Waals surface area contributed by atoms with Gasteiger partial charge in [0.2, 0.25) is 17.6 Å². The summed E-state index contributed by atoms with van der Waals surface area (Å²) in [4.78, 5) is 21.4. The van der Waals surface area contributed by atoms with Crippen molar-refractivity contribution < 1.29 is 18.1 Å². The summed E-state index contributed by atoms with van der Waals surface area (Å²) in [5.74, 6) is 0.385. The van der Waals surface area contributed by atoms with Gasteiger partial charge in [-0.05, 0) is 35.4 Å². The van der Waals surface area contributed by atoms with Crippen molar-refractivity contribution in [2.75, 3.05) is 26.2 Å². The first-order valence-corrected chi connectivity index (χ1v) is 12.0. The zero-order valence-corrected chi connectivity index (χ0v) is 19.7. The summed E-state index contributed by atoms with van der Waals surface area (Å²) in [6, 6.07) is 22.2. The summed E-state index contributed by atoms with van der Waals surface area (Å²) in [5.41, 5.74) is 2.72. The number of amides is 1. The Morgan fingerprint density at radius 3 is 2.00 bits per heavy atom. The fourth-order valence-electron chi connectivity index (χ4n) is 4.57. The molecule has 1 aromatic heterocycles. The van der Waals surface area contributed by atoms with Crippen LogP contribution in [0.15, 0.2) is 83.4 Å². The highest BCUT2D eigenvalue weighted by atomic mass is 19.1. The summed E-state index contributed by atoms with van der Waals surface area (Å²) in [6.07, 6.45) is 0.669. The molecular weight excluding hydrogens is 462 g/mol. The number of aryl methyl sites for hydroxylation is 1. The van der Waals surface area contributed by atoms with E-state index in [0.717, 1.165) is 16.7 Å². The molecule has 4 aromatic rings. The summed E-state index contributed by atoms with van der Waals surface area (Å²) < 4.78 is 32.4. The topological polar surface area (TPSA) is 62.5 Å². The first-order chi connectivity index (χ1) is 17.6. The average molecular weight is 489 g/mol. The molecule has 0 atom stereocenters. The van der Waals surface area contributed by atoms with Crippen molar-refractivity contribution in [3.05, 3.63) is 108 Å². The summed E-state index contributed by atoms with van der Waals surface area (Å²) >= 11 is 0. The number of hydrogen-bond donors (Lipinski definition) is 0. The lowest BCUT2D eigenvalue weighted by atomic mass is 9.96. The van der Waals surface area contributed by atoms with E-state index in [1.54, 1.807) is 24.3 Å². The van der Waals surface area contributed by atoms with Gasteiger partial charge < -0.3 is 9.42 Å². The Bertz CT molecular complexity index is 1240. The van der Waals surface area contributed by atoms with Crippen LogP contribution in [0.5, 0.6) is 0 Å². The third-order valence-electron chi connectivity index (χ3n) is 6.46. The molecule has 1 amide bonds. The van der Waals surface area contributed by atoms with E-state index in [2.05, 4.69) is 15.0 Å². The summed E-state index contributed by atoms with van der Waals surface area (Å²) in [5, 5.41) is 4.01. The van der Waals surface area contributed by atoms with Crippen LogP contribution in [0.3, 0.4) is 0 Å². The molecule has 0 spiro atoms. The maximum atomic E-state index is 13.5. The van der Waals surface area contributed by atoms with Crippen molar-refractivity contribution in [3.8, 4) is 11.4 Å². The van der Waals surface area contributed by atoms with Crippen LogP contribution in [0, 0.1) is 11.6 Å². The average Bonchev–Trinajstić information content (AvgIpc) is 3.40. The van der Waals surface area contributed by atoms with Gasteiger partial charge in [0.05, 0.1) is 6.04 Å². The molecule has 0 N–H and O–H groups in total. The van der Waals surface area contributed by atoms with Crippen LogP contribution in [-0.4, -0.2) is 52.0 Å². The lowest BCUT2D eigenvalue weighted by molar-refractivity contribution is -0.133. The maximum Gasteiger partial charge on any atom is 0.227 e. The van der Waals surface area contributed by atoms with E-state index in [1.807, 2.05) is 35.2 Å². The highest BCUT2D eigenvalue weighted by Crippen LogP contribution is 2.30. The molecule has 36 heavy (non-hydrogen) atoms. The molecular formula is C28H26F2N4O2. The zero-order chi connectivity index (χ0) is 24.9. The van der Waals surface area contributed by atoms with Crippen molar-refractivity contribution in [2.45, 2.75) is 18.9 Å². The van der Waals surface area contributed by atoms with Crippen LogP contribution >= 0.6 is 0 Å². The molecule has 184 valence electrons. The van der Waals surface area contributed by atoms with Crippen molar-refractivity contribution in [2.24, 2.45) is 0 Å². The Morgan fingerprint density at radius 1 is 0.833 bits per heavy atom. The SMILES string of the molecule is O=C(CCc1nc(-c2ccccc2)no1)N1CCN(C(c2ccc(F)cc2)c2ccc(F)cc2)CC1. The Balaban J connectivity index is 1.20. The van der Waals surface area contributed by atoms with Crippen LogP contribution in [-0.2, 0) is 11.2 Å². The van der Waals surface area contributed by atoms with Crippen molar-refractivity contribution in [3.63, 3.8) is 0 Å². The van der Waals surface area contributed by atoms with Gasteiger partial charge in [-0.15, -0.1) is 0 Å². The van der Waals surface area contributed by atoms with Crippen molar-refractivity contribution >= 4 is 5.91 Å². The van der Waals surface area contributed by atoms with E-state index in [4.69, 9.17) is 4.52 Å². The third-order valence-corrected chi connectivity index (χ3v) is 6.46. The van der Waals surface area contributed by atoms with Gasteiger partial charge in [0, 0.05) is 44.6 Å². The normalized spacial score (nSPS) is 14.4. The molecule has 1 aliphatic rings. The maximum absolute atomic E-state index is 13.5. The van der Waals surface area contributed by atoms with E-state index in [1.165, 1.54) is 24.3 Å². The fraction of sp³-hybridized carbons (Fsp3) is 0.250. The minimum absolute atomic E-state index is 0.0363. The molecule has 5 rings (SSSR count). The van der Waals surface area contributed by atoms with Crippen molar-refractivity contribution in [1.29, 1.82) is 0 Å². The van der Waals surface area contributed by atoms with Gasteiger partial charge in [0.1, 0.15) is 11.6 Å². The van der Waals surface area contributed by atoms with E-state index in [9.17, 15) is 13.6 Å². The lowest BCUT2D eigenvalue weighted by Crippen LogP contribution is -2.49. The standard InChI is InChI=1S/C28H26F2N4O2/c29-23-10-6-20(7-11-23)27(21-8-12-24(30)13-9-21)34-18-16-33(17-19-34)26(35)15-14-25-31-28(32-36-25)22-4-2-1-3-5-22/h1-13,27H,14-19H2. The van der Waals surface area contributed by atoms with E-state index in [-0.39, 0.29) is 30.0 Å². The number of nitrogens with zero attached hydrogens (tertiary/aromatic N) is 4. The molecule has 8 heteroatoms. The smallest absolute Gasteiger partial charge is 0.227 e. The minimum Gasteiger partial charge on any atom is -0.340 e. The quantitative estimate of drug-likeness (QED) is 0.371. The number of halogens is 2. The summed E-state index contributed by atoms with van der Waals surface area (Å²) in [7, 11) is 0. The molecule has 0 bridgehead atoms. The number of rotatable bonds is 7. The van der Waals surface area contributed by atoms with Gasteiger partial charge in [-0.2, -0.15) is 4.98 Å².